The second-order valence-corrected chi connectivity index (χ2v) is 26.0. The van der Waals surface area contributed by atoms with Crippen LogP contribution >= 0.6 is 35.2 Å². The number of phosphoric acid groups is 3. The number of pyridine rings is 1. The third kappa shape index (κ3) is 13.2. The second-order valence-electron chi connectivity index (χ2n) is 20.7. The maximum atomic E-state index is 13.1. The Morgan fingerprint density at radius 3 is 2.22 bits per heavy atom. The number of hydrogen-bond donors (Lipinski definition) is 9. The molecule has 29 heteroatoms. The average Bonchev–Trinajstić information content (AvgIpc) is 3.92. The van der Waals surface area contributed by atoms with Gasteiger partial charge in [-0.15, -0.1) is 0 Å². The third-order valence-electron chi connectivity index (χ3n) is 13.7. The van der Waals surface area contributed by atoms with E-state index in [1.165, 1.54) is 36.1 Å². The zero-order valence-electron chi connectivity index (χ0n) is 41.7. The first-order valence-electron chi connectivity index (χ1n) is 23.5. The molecule has 25 nitrogen and oxygen atoms in total. The Balaban J connectivity index is 0.816. The van der Waals surface area contributed by atoms with E-state index in [0.29, 0.717) is 5.56 Å². The van der Waals surface area contributed by atoms with E-state index in [1.807, 2.05) is 6.07 Å². The summed E-state index contributed by atoms with van der Waals surface area (Å²) in [5.74, 6) is -1.23. The van der Waals surface area contributed by atoms with E-state index in [0.717, 1.165) is 60.4 Å². The van der Waals surface area contributed by atoms with Crippen molar-refractivity contribution in [3.05, 3.63) is 76.6 Å². The van der Waals surface area contributed by atoms with Crippen LogP contribution < -0.4 is 16.4 Å². The number of aliphatic hydroxyl groups excluding tert-OH is 2. The van der Waals surface area contributed by atoms with E-state index in [-0.39, 0.29) is 63.6 Å². The zero-order valence-corrected chi connectivity index (χ0v) is 45.2. The summed E-state index contributed by atoms with van der Waals surface area (Å²) in [5, 5.41) is 26.6. The summed E-state index contributed by atoms with van der Waals surface area (Å²) in [6, 6.07) is 8.52. The molecule has 7 rings (SSSR count). The molecular formula is C45H63N8O17P3S. The van der Waals surface area contributed by atoms with Crippen LogP contribution in [0.15, 0.2) is 43.1 Å². The number of thioether (sulfide) groups is 1. The normalized spacial score (nSPS) is 23.0. The van der Waals surface area contributed by atoms with Crippen LogP contribution in [0.5, 0.6) is 0 Å². The van der Waals surface area contributed by atoms with E-state index >= 15 is 0 Å². The standard InChI is InChI=1S/C45H63N8O17P3S/c1-25-18-28-29(43(4,5)12-11-42(28,2)3)19-27(25)45(13-14-45)31-9-8-26(20-49-31)41(58)74-17-16-47-32(54)10-15-48-39(57)36(56)44(6,7)22-67-73(64,65)70-72(62,63)66-21-30-35(69-71(59,60)61)34(55)40(68-30)53-24-52-33-37(46)50-23-51-38(33)53/h8-9,18-20,23-24,30,34-36,40,55-56H,10-17,21-22H2,1-7H3,(H,47,54)(H,48,57)(H,62,63)(H,64,65)(H2,46,50,51)(H2,59,60,61). The monoisotopic (exact) mass is 1110 g/mol. The summed E-state index contributed by atoms with van der Waals surface area (Å²) in [5.41, 5.74) is 11.0. The molecule has 1 saturated heterocycles. The topological polar surface area (TPSA) is 377 Å². The second kappa shape index (κ2) is 21.8. The first kappa shape index (κ1) is 57.6. The van der Waals surface area contributed by atoms with Crippen LogP contribution in [0.3, 0.4) is 0 Å². The van der Waals surface area contributed by atoms with E-state index in [4.69, 9.17) is 24.5 Å². The van der Waals surface area contributed by atoms with Gasteiger partial charge in [0.2, 0.25) is 16.9 Å². The first-order valence-corrected chi connectivity index (χ1v) is 29.0. The molecule has 4 heterocycles. The van der Waals surface area contributed by atoms with E-state index in [2.05, 4.69) is 81.2 Å². The third-order valence-corrected chi connectivity index (χ3v) is 17.7. The number of nitrogens with zero attached hydrogens (tertiary/aromatic N) is 5. The molecule has 74 heavy (non-hydrogen) atoms. The van der Waals surface area contributed by atoms with Gasteiger partial charge in [-0.3, -0.25) is 37.5 Å². The predicted octanol–water partition coefficient (Wildman–Crippen LogP) is 4.11. The van der Waals surface area contributed by atoms with E-state index < -0.39 is 84.6 Å². The molecule has 10 N–H and O–H groups in total. The number of aryl methyl sites for hydroxylation is 1. The minimum Gasteiger partial charge on any atom is -0.386 e. The number of phosphoric ester groups is 3. The highest BCUT2D eigenvalue weighted by Crippen LogP contribution is 2.61. The van der Waals surface area contributed by atoms with Crippen molar-refractivity contribution in [3.8, 4) is 0 Å². The van der Waals surface area contributed by atoms with Gasteiger partial charge >= 0.3 is 23.5 Å². The number of nitrogen functional groups attached to an aromatic ring is 1. The van der Waals surface area contributed by atoms with Gasteiger partial charge in [0.05, 0.1) is 25.2 Å². The largest absolute Gasteiger partial charge is 0.481 e. The molecule has 2 aliphatic carbocycles. The fourth-order valence-corrected chi connectivity index (χ4v) is 12.7. The van der Waals surface area contributed by atoms with Crippen molar-refractivity contribution in [2.45, 2.75) is 127 Å². The highest BCUT2D eigenvalue weighted by molar-refractivity contribution is 8.14. The summed E-state index contributed by atoms with van der Waals surface area (Å²) in [7, 11) is -16.5. The van der Waals surface area contributed by atoms with Gasteiger partial charge in [-0.25, -0.2) is 28.6 Å². The van der Waals surface area contributed by atoms with E-state index in [1.54, 1.807) is 12.3 Å². The fourth-order valence-electron chi connectivity index (χ4n) is 9.18. The van der Waals surface area contributed by atoms with Crippen molar-refractivity contribution in [2.75, 3.05) is 37.8 Å². The number of carbonyl (C=O) groups is 3. The minimum absolute atomic E-state index is 0.0280. The lowest BCUT2D eigenvalue weighted by atomic mass is 9.62. The molecule has 0 radical (unpaired) electrons. The number of nitrogens with two attached hydrogens (primary N) is 1. The number of rotatable bonds is 22. The molecular weight excluding hydrogens is 1050 g/mol. The lowest BCUT2D eigenvalue weighted by molar-refractivity contribution is -0.137. The van der Waals surface area contributed by atoms with Crippen LogP contribution in [-0.2, 0) is 62.1 Å². The number of carbonyl (C=O) groups excluding carboxylic acids is 3. The number of fused-ring (bicyclic) bond motifs is 2. The van der Waals surface area contributed by atoms with Gasteiger partial charge in [0, 0.05) is 47.9 Å². The number of amides is 2. The maximum Gasteiger partial charge on any atom is 0.481 e. The summed E-state index contributed by atoms with van der Waals surface area (Å²) in [6.07, 6.45) is -1.17. The number of imidazole rings is 1. The number of benzene rings is 1. The number of anilines is 1. The Hall–Kier alpha value is -4.07. The molecule has 3 aromatic heterocycles. The summed E-state index contributed by atoms with van der Waals surface area (Å²) >= 11 is 1.03. The molecule has 3 aliphatic rings. The molecule has 2 amide bonds. The van der Waals surface area contributed by atoms with Gasteiger partial charge in [0.25, 0.3) is 0 Å². The van der Waals surface area contributed by atoms with Crippen LogP contribution in [0.25, 0.3) is 11.2 Å². The molecule has 0 bridgehead atoms. The van der Waals surface area contributed by atoms with E-state index in [9.17, 15) is 57.9 Å². The van der Waals surface area contributed by atoms with Crippen molar-refractivity contribution in [2.24, 2.45) is 5.41 Å². The van der Waals surface area contributed by atoms with Crippen molar-refractivity contribution in [1.29, 1.82) is 0 Å². The Morgan fingerprint density at radius 1 is 0.919 bits per heavy atom. The highest BCUT2D eigenvalue weighted by atomic mass is 32.2. The van der Waals surface area contributed by atoms with Gasteiger partial charge in [-0.05, 0) is 77.8 Å². The van der Waals surface area contributed by atoms with Crippen molar-refractivity contribution in [3.63, 3.8) is 0 Å². The van der Waals surface area contributed by atoms with Crippen LogP contribution in [-0.4, -0.2) is 128 Å². The molecule has 0 spiro atoms. The van der Waals surface area contributed by atoms with Crippen molar-refractivity contribution < 1.29 is 80.5 Å². The molecule has 4 aromatic rings. The molecule has 1 aliphatic heterocycles. The summed E-state index contributed by atoms with van der Waals surface area (Å²) < 4.78 is 62.7. The average molecular weight is 1110 g/mol. The smallest absolute Gasteiger partial charge is 0.386 e. The Bertz CT molecular complexity index is 2910. The maximum absolute atomic E-state index is 13.1. The number of hydrogen-bond acceptors (Lipinski definition) is 19. The van der Waals surface area contributed by atoms with Gasteiger partial charge < -0.3 is 50.9 Å². The molecule has 1 aromatic carbocycles. The lowest BCUT2D eigenvalue weighted by Crippen LogP contribution is -2.46. The highest BCUT2D eigenvalue weighted by Gasteiger charge is 2.52. The molecule has 1 saturated carbocycles. The van der Waals surface area contributed by atoms with Crippen molar-refractivity contribution >= 4 is 69.1 Å². The molecule has 7 unspecified atom stereocenters. The summed E-state index contributed by atoms with van der Waals surface area (Å²) in [6.45, 7) is 11.9. The number of aromatic nitrogens is 5. The molecule has 406 valence electrons. The Morgan fingerprint density at radius 2 is 1.58 bits per heavy atom. The Kier molecular flexibility index (Phi) is 16.9. The van der Waals surface area contributed by atoms with Gasteiger partial charge in [0.1, 0.15) is 36.3 Å². The predicted molar refractivity (Wildman–Crippen MR) is 267 cm³/mol. The van der Waals surface area contributed by atoms with Gasteiger partial charge in [0.15, 0.2) is 17.7 Å². The number of aliphatic hydroxyl groups is 2. The quantitative estimate of drug-likeness (QED) is 0.0395. The zero-order chi connectivity index (χ0) is 54.4. The van der Waals surface area contributed by atoms with Crippen LogP contribution in [0.2, 0.25) is 0 Å². The Labute approximate surface area is 430 Å². The lowest BCUT2D eigenvalue weighted by Gasteiger charge is -2.43. The van der Waals surface area contributed by atoms with Crippen LogP contribution in [0.4, 0.5) is 5.82 Å². The van der Waals surface area contributed by atoms with Crippen LogP contribution in [0, 0.1) is 12.3 Å². The number of ether oxygens (including phenoxy) is 1. The van der Waals surface area contributed by atoms with Gasteiger partial charge in [-0.1, -0.05) is 65.4 Å². The molecule has 7 atom stereocenters. The minimum atomic E-state index is -5.60. The molecule has 2 fully saturated rings. The first-order chi connectivity index (χ1) is 34.4. The fraction of sp³-hybridized carbons (Fsp3) is 0.578. The van der Waals surface area contributed by atoms with Crippen LogP contribution in [0.1, 0.15) is 118 Å². The van der Waals surface area contributed by atoms with Gasteiger partial charge in [-0.2, -0.15) is 4.31 Å². The van der Waals surface area contributed by atoms with Crippen molar-refractivity contribution in [1.82, 2.24) is 35.1 Å². The summed E-state index contributed by atoms with van der Waals surface area (Å²) in [4.78, 5) is 94.6. The number of nitrogens with one attached hydrogen (secondary N) is 2. The SMILES string of the molecule is Cc1cc2c(cc1C1(c3ccc(C(=O)SCCNC(=O)CCNC(=O)C(O)C(C)(C)COP(=O)(O)OP(=O)(O)OCC4OC(n5cnc6c(N)ncnc65)C(O)C4OP(=O)(O)O)cn3)CC1)C(C)(C)CCC2(C)C.